The summed E-state index contributed by atoms with van der Waals surface area (Å²) in [5.74, 6) is 2.36. The van der Waals surface area contributed by atoms with Crippen LogP contribution in [-0.4, -0.2) is 60.5 Å². The number of ether oxygens (including phenoxy) is 3. The Kier molecular flexibility index (Phi) is 10.6. The fourth-order valence-corrected chi connectivity index (χ4v) is 8.30. The molecule has 5 aromatic rings. The van der Waals surface area contributed by atoms with Crippen molar-refractivity contribution >= 4 is 44.4 Å². The Hall–Kier alpha value is -3.66. The Balaban J connectivity index is 1.57. The summed E-state index contributed by atoms with van der Waals surface area (Å²) in [6.07, 6.45) is 1.86. The van der Waals surface area contributed by atoms with Crippen LogP contribution in [0.15, 0.2) is 94.7 Å². The van der Waals surface area contributed by atoms with Crippen LogP contribution in [0.1, 0.15) is 16.7 Å². The maximum atomic E-state index is 14.8. The lowest BCUT2D eigenvalue weighted by atomic mass is 10.2. The van der Waals surface area contributed by atoms with E-state index >= 15 is 0 Å². The highest BCUT2D eigenvalue weighted by molar-refractivity contribution is 14.1. The Morgan fingerprint density at radius 1 is 0.756 bits per heavy atom. The van der Waals surface area contributed by atoms with Crippen LogP contribution in [0.5, 0.6) is 17.2 Å². The Morgan fingerprint density at radius 2 is 1.24 bits per heavy atom. The standard InChI is InChI=1S/C32H32IN5O5S2/c1-41-25-11-5-22(6-12-25)19-37(20-23-7-13-26(42-2)14-8-23)45(39,40)31-29(44-4)18-17-28(33)30(31)32-34-36-38(35-32)21-24-9-15-27(43-3)16-10-24/h5-18H,19-21H2,1-4H3. The average molecular weight is 758 g/mol. The molecule has 0 amide bonds. The minimum Gasteiger partial charge on any atom is -0.497 e. The molecule has 0 radical (unpaired) electrons. The van der Waals surface area contributed by atoms with Crippen LogP contribution in [0.3, 0.4) is 0 Å². The van der Waals surface area contributed by atoms with Crippen LogP contribution in [-0.2, 0) is 29.7 Å². The second-order valence-electron chi connectivity index (χ2n) is 9.91. The van der Waals surface area contributed by atoms with Gasteiger partial charge in [-0.2, -0.15) is 9.10 Å². The number of hydrogen-bond acceptors (Lipinski definition) is 9. The fraction of sp³-hybridized carbons (Fsp3) is 0.219. The minimum absolute atomic E-state index is 0.134. The van der Waals surface area contributed by atoms with Crippen molar-refractivity contribution in [3.05, 3.63) is 105 Å². The quantitative estimate of drug-likeness (QED) is 0.104. The SMILES string of the molecule is COc1ccc(CN(Cc2ccc(OC)cc2)S(=O)(=O)c2c(SC)ccc(I)c2-c2nnn(Cc3ccc(OC)cc3)n2)cc1. The highest BCUT2D eigenvalue weighted by Gasteiger charge is 2.33. The first-order valence-electron chi connectivity index (χ1n) is 13.8. The van der Waals surface area contributed by atoms with Gasteiger partial charge < -0.3 is 14.2 Å². The van der Waals surface area contributed by atoms with Gasteiger partial charge in [0, 0.05) is 21.6 Å². The third-order valence-electron chi connectivity index (χ3n) is 7.08. The molecule has 1 heterocycles. The molecular weight excluding hydrogens is 725 g/mol. The van der Waals surface area contributed by atoms with E-state index in [1.54, 1.807) is 21.3 Å². The van der Waals surface area contributed by atoms with Gasteiger partial charge in [-0.25, -0.2) is 8.42 Å². The van der Waals surface area contributed by atoms with Crippen molar-refractivity contribution in [2.24, 2.45) is 0 Å². The van der Waals surface area contributed by atoms with Crippen molar-refractivity contribution in [1.82, 2.24) is 24.5 Å². The molecule has 0 aliphatic carbocycles. The molecule has 0 unspecified atom stereocenters. The molecule has 0 spiro atoms. The first-order chi connectivity index (χ1) is 21.7. The van der Waals surface area contributed by atoms with Gasteiger partial charge in [0.1, 0.15) is 22.1 Å². The van der Waals surface area contributed by atoms with E-state index in [9.17, 15) is 8.42 Å². The zero-order valence-corrected chi connectivity index (χ0v) is 29.0. The van der Waals surface area contributed by atoms with Gasteiger partial charge in [0.2, 0.25) is 15.8 Å². The van der Waals surface area contributed by atoms with Gasteiger partial charge in [-0.05, 0) is 99.3 Å². The zero-order chi connectivity index (χ0) is 32.0. The summed E-state index contributed by atoms with van der Waals surface area (Å²) in [5.41, 5.74) is 2.99. The van der Waals surface area contributed by atoms with E-state index < -0.39 is 10.0 Å². The Morgan fingerprint density at radius 3 is 1.71 bits per heavy atom. The maximum Gasteiger partial charge on any atom is 0.245 e. The summed E-state index contributed by atoms with van der Waals surface area (Å²) in [6.45, 7) is 0.627. The second kappa shape index (κ2) is 14.6. The lowest BCUT2D eigenvalue weighted by Crippen LogP contribution is -2.31. The highest BCUT2D eigenvalue weighted by Crippen LogP contribution is 2.39. The lowest BCUT2D eigenvalue weighted by Gasteiger charge is -2.25. The third-order valence-corrected chi connectivity index (χ3v) is 10.8. The molecule has 0 bridgehead atoms. The first kappa shape index (κ1) is 32.7. The zero-order valence-electron chi connectivity index (χ0n) is 25.2. The number of hydrogen-bond donors (Lipinski definition) is 0. The van der Waals surface area contributed by atoms with Gasteiger partial charge >= 0.3 is 0 Å². The van der Waals surface area contributed by atoms with Crippen LogP contribution < -0.4 is 14.2 Å². The van der Waals surface area contributed by atoms with E-state index in [-0.39, 0.29) is 23.8 Å². The summed E-state index contributed by atoms with van der Waals surface area (Å²) < 4.78 is 47.7. The normalized spacial score (nSPS) is 11.5. The van der Waals surface area contributed by atoms with E-state index in [1.165, 1.54) is 20.9 Å². The average Bonchev–Trinajstić information content (AvgIpc) is 3.53. The van der Waals surface area contributed by atoms with Gasteiger partial charge in [-0.15, -0.1) is 22.0 Å². The van der Waals surface area contributed by atoms with E-state index in [1.807, 2.05) is 91.2 Å². The molecule has 0 fully saturated rings. The molecular formula is C32H32IN5O5S2. The van der Waals surface area contributed by atoms with Crippen molar-refractivity contribution in [2.75, 3.05) is 27.6 Å². The van der Waals surface area contributed by atoms with E-state index in [4.69, 9.17) is 14.2 Å². The van der Waals surface area contributed by atoms with Crippen LogP contribution in [0, 0.1) is 3.57 Å². The summed E-state index contributed by atoms with van der Waals surface area (Å²) in [6, 6.07) is 26.0. The largest absolute Gasteiger partial charge is 0.497 e. The molecule has 0 saturated heterocycles. The molecule has 0 atom stereocenters. The van der Waals surface area contributed by atoms with E-state index in [0.29, 0.717) is 32.1 Å². The van der Waals surface area contributed by atoms with Crippen LogP contribution >= 0.6 is 34.4 Å². The molecule has 10 nitrogen and oxygen atoms in total. The van der Waals surface area contributed by atoms with Crippen molar-refractivity contribution in [3.63, 3.8) is 0 Å². The molecule has 5 rings (SSSR count). The maximum absolute atomic E-state index is 14.8. The minimum atomic E-state index is -4.12. The first-order valence-corrected chi connectivity index (χ1v) is 17.5. The number of benzene rings is 4. The number of rotatable bonds is 13. The van der Waals surface area contributed by atoms with E-state index in [0.717, 1.165) is 22.4 Å². The molecule has 4 aromatic carbocycles. The van der Waals surface area contributed by atoms with Crippen LogP contribution in [0.2, 0.25) is 0 Å². The highest BCUT2D eigenvalue weighted by atomic mass is 127. The van der Waals surface area contributed by atoms with Gasteiger partial charge in [-0.1, -0.05) is 36.4 Å². The van der Waals surface area contributed by atoms with Gasteiger partial charge in [0.25, 0.3) is 0 Å². The van der Waals surface area contributed by atoms with Gasteiger partial charge in [0.05, 0.1) is 33.4 Å². The molecule has 0 N–H and O–H groups in total. The van der Waals surface area contributed by atoms with Gasteiger partial charge in [-0.3, -0.25) is 0 Å². The molecule has 234 valence electrons. The van der Waals surface area contributed by atoms with Crippen LogP contribution in [0.25, 0.3) is 11.4 Å². The second-order valence-corrected chi connectivity index (χ2v) is 13.8. The summed E-state index contributed by atoms with van der Waals surface area (Å²) in [7, 11) is 0.693. The molecule has 13 heteroatoms. The molecule has 1 aromatic heterocycles. The predicted molar refractivity (Wildman–Crippen MR) is 182 cm³/mol. The summed E-state index contributed by atoms with van der Waals surface area (Å²) in [4.78, 5) is 2.20. The number of methoxy groups -OCH3 is 3. The molecule has 45 heavy (non-hydrogen) atoms. The topological polar surface area (TPSA) is 109 Å². The fourth-order valence-electron chi connectivity index (χ4n) is 4.69. The van der Waals surface area contributed by atoms with Gasteiger partial charge in [0.15, 0.2) is 0 Å². The monoisotopic (exact) mass is 757 g/mol. The van der Waals surface area contributed by atoms with Crippen molar-refractivity contribution in [2.45, 2.75) is 29.4 Å². The Labute approximate surface area is 280 Å². The number of halogens is 1. The van der Waals surface area contributed by atoms with E-state index in [2.05, 4.69) is 38.0 Å². The number of aromatic nitrogens is 4. The predicted octanol–water partition coefficient (Wildman–Crippen LogP) is 6.13. The lowest BCUT2D eigenvalue weighted by molar-refractivity contribution is 0.397. The Bertz CT molecular complexity index is 1800. The smallest absolute Gasteiger partial charge is 0.245 e. The molecule has 0 aliphatic heterocycles. The van der Waals surface area contributed by atoms with Crippen LogP contribution in [0.4, 0.5) is 0 Å². The summed E-state index contributed by atoms with van der Waals surface area (Å²) in [5, 5.41) is 13.2. The van der Waals surface area contributed by atoms with Crippen molar-refractivity contribution in [1.29, 1.82) is 0 Å². The molecule has 0 saturated carbocycles. The number of tetrazole rings is 1. The third kappa shape index (κ3) is 7.60. The summed E-state index contributed by atoms with van der Waals surface area (Å²) >= 11 is 3.49. The van der Waals surface area contributed by atoms with Crippen molar-refractivity contribution in [3.8, 4) is 28.6 Å². The van der Waals surface area contributed by atoms with Crippen molar-refractivity contribution < 1.29 is 22.6 Å². The molecule has 0 aliphatic rings. The number of sulfonamides is 1. The number of nitrogens with zero attached hydrogens (tertiary/aromatic N) is 5. The number of thioether (sulfide) groups is 1.